The Morgan fingerprint density at radius 3 is 2.95 bits per heavy atom. The van der Waals surface area contributed by atoms with E-state index >= 15 is 0 Å². The molecule has 1 aliphatic rings. The first-order valence-electron chi connectivity index (χ1n) is 7.54. The summed E-state index contributed by atoms with van der Waals surface area (Å²) in [5.41, 5.74) is 1.33. The van der Waals surface area contributed by atoms with Crippen LogP contribution in [0.4, 0.5) is 0 Å². The molecule has 0 bridgehead atoms. The molecule has 1 atom stereocenters. The second-order valence-electron chi connectivity index (χ2n) is 5.37. The monoisotopic (exact) mass is 301 g/mol. The Morgan fingerprint density at radius 1 is 1.32 bits per heavy atom. The molecule has 1 unspecified atom stereocenters. The van der Waals surface area contributed by atoms with Crippen LogP contribution >= 0.6 is 0 Å². The van der Waals surface area contributed by atoms with E-state index in [2.05, 4.69) is 10.3 Å². The summed E-state index contributed by atoms with van der Waals surface area (Å²) in [5, 5.41) is 7.84. The van der Waals surface area contributed by atoms with Gasteiger partial charge in [0.1, 0.15) is 6.61 Å². The summed E-state index contributed by atoms with van der Waals surface area (Å²) in [6.07, 6.45) is 4.76. The maximum atomic E-state index is 12.0. The fourth-order valence-electron chi connectivity index (χ4n) is 2.42. The number of esters is 1. The Labute approximate surface area is 129 Å². The first kappa shape index (κ1) is 14.7. The first-order valence-corrected chi connectivity index (χ1v) is 7.54. The normalized spacial score (nSPS) is 18.1. The van der Waals surface area contributed by atoms with Crippen LogP contribution < -0.4 is 0 Å². The predicted molar refractivity (Wildman–Crippen MR) is 79.4 cm³/mol. The number of aromatic nitrogens is 3. The van der Waals surface area contributed by atoms with Crippen molar-refractivity contribution in [3.05, 3.63) is 47.8 Å². The van der Waals surface area contributed by atoms with E-state index in [-0.39, 0.29) is 18.4 Å². The summed E-state index contributed by atoms with van der Waals surface area (Å²) in [5.74, 6) is -0.450. The average molecular weight is 301 g/mol. The van der Waals surface area contributed by atoms with Crippen molar-refractivity contribution in [2.45, 2.75) is 31.9 Å². The van der Waals surface area contributed by atoms with E-state index in [0.717, 1.165) is 31.4 Å². The molecule has 1 aromatic carbocycles. The zero-order chi connectivity index (χ0) is 15.2. The van der Waals surface area contributed by atoms with E-state index in [9.17, 15) is 4.79 Å². The lowest BCUT2D eigenvalue weighted by Gasteiger charge is -2.21. The molecule has 22 heavy (non-hydrogen) atoms. The van der Waals surface area contributed by atoms with Gasteiger partial charge in [-0.05, 0) is 24.8 Å². The largest absolute Gasteiger partial charge is 0.458 e. The third kappa shape index (κ3) is 3.92. The van der Waals surface area contributed by atoms with Crippen LogP contribution in [0.25, 0.3) is 0 Å². The highest BCUT2D eigenvalue weighted by Gasteiger charge is 2.18. The standard InChI is InChI=1S/C16H19N3O3/c20-16(22-12-14-8-4-5-9-21-14)15-11-19(18-17-15)10-13-6-2-1-3-7-13/h1-3,6-7,11,14H,4-5,8-10,12H2. The number of ether oxygens (including phenoxy) is 2. The fraction of sp³-hybridized carbons (Fsp3) is 0.438. The molecule has 0 aliphatic carbocycles. The van der Waals surface area contributed by atoms with E-state index in [1.165, 1.54) is 0 Å². The summed E-state index contributed by atoms with van der Waals surface area (Å²) >= 11 is 0. The van der Waals surface area contributed by atoms with Crippen LogP contribution in [0.3, 0.4) is 0 Å². The predicted octanol–water partition coefficient (Wildman–Crippen LogP) is 2.05. The number of carbonyl (C=O) groups excluding carboxylic acids is 1. The Morgan fingerprint density at radius 2 is 2.18 bits per heavy atom. The van der Waals surface area contributed by atoms with Gasteiger partial charge < -0.3 is 9.47 Å². The van der Waals surface area contributed by atoms with Crippen LogP contribution in [-0.4, -0.2) is 40.3 Å². The topological polar surface area (TPSA) is 66.2 Å². The fourth-order valence-corrected chi connectivity index (χ4v) is 2.42. The minimum absolute atomic E-state index is 0.0112. The van der Waals surface area contributed by atoms with Crippen molar-refractivity contribution < 1.29 is 14.3 Å². The van der Waals surface area contributed by atoms with Crippen LogP contribution in [0.2, 0.25) is 0 Å². The summed E-state index contributed by atoms with van der Waals surface area (Å²) < 4.78 is 12.4. The van der Waals surface area contributed by atoms with Crippen molar-refractivity contribution in [1.29, 1.82) is 0 Å². The van der Waals surface area contributed by atoms with Gasteiger partial charge in [0.2, 0.25) is 0 Å². The summed E-state index contributed by atoms with van der Waals surface area (Å²) in [6.45, 7) is 1.60. The van der Waals surface area contributed by atoms with Crippen molar-refractivity contribution in [3.8, 4) is 0 Å². The second-order valence-corrected chi connectivity index (χ2v) is 5.37. The Kier molecular flexibility index (Phi) is 4.80. The van der Waals surface area contributed by atoms with Gasteiger partial charge in [-0.25, -0.2) is 9.48 Å². The summed E-state index contributed by atoms with van der Waals surface area (Å²) in [4.78, 5) is 12.0. The number of hydrogen-bond donors (Lipinski definition) is 0. The smallest absolute Gasteiger partial charge is 0.360 e. The SMILES string of the molecule is O=C(OCC1CCCCO1)c1cn(Cc2ccccc2)nn1. The maximum absolute atomic E-state index is 12.0. The lowest BCUT2D eigenvalue weighted by Crippen LogP contribution is -2.26. The van der Waals surface area contributed by atoms with E-state index in [1.54, 1.807) is 10.9 Å². The minimum Gasteiger partial charge on any atom is -0.458 e. The third-order valence-corrected chi connectivity index (χ3v) is 3.61. The van der Waals surface area contributed by atoms with Gasteiger partial charge in [-0.15, -0.1) is 5.10 Å². The van der Waals surface area contributed by atoms with Crippen LogP contribution in [0, 0.1) is 0 Å². The molecule has 1 aromatic heterocycles. The Bertz CT molecular complexity index is 606. The average Bonchev–Trinajstić information content (AvgIpc) is 3.03. The van der Waals surface area contributed by atoms with Crippen LogP contribution in [-0.2, 0) is 16.0 Å². The number of hydrogen-bond acceptors (Lipinski definition) is 5. The lowest BCUT2D eigenvalue weighted by molar-refractivity contribution is -0.0302. The van der Waals surface area contributed by atoms with Crippen LogP contribution in [0.1, 0.15) is 35.3 Å². The first-order chi connectivity index (χ1) is 10.8. The molecule has 3 rings (SSSR count). The van der Waals surface area contributed by atoms with Gasteiger partial charge >= 0.3 is 5.97 Å². The number of nitrogens with zero attached hydrogens (tertiary/aromatic N) is 3. The molecule has 0 amide bonds. The van der Waals surface area contributed by atoms with E-state index in [0.29, 0.717) is 6.54 Å². The number of rotatable bonds is 5. The lowest BCUT2D eigenvalue weighted by atomic mass is 10.1. The van der Waals surface area contributed by atoms with E-state index < -0.39 is 5.97 Å². The van der Waals surface area contributed by atoms with E-state index in [4.69, 9.17) is 9.47 Å². The molecule has 0 radical (unpaired) electrons. The van der Waals surface area contributed by atoms with Gasteiger partial charge in [0, 0.05) is 6.61 Å². The van der Waals surface area contributed by atoms with Gasteiger partial charge in [-0.2, -0.15) is 0 Å². The zero-order valence-corrected chi connectivity index (χ0v) is 12.4. The number of carbonyl (C=O) groups is 1. The molecule has 1 aliphatic heterocycles. The van der Waals surface area contributed by atoms with Gasteiger partial charge in [-0.1, -0.05) is 35.5 Å². The molecule has 116 valence electrons. The zero-order valence-electron chi connectivity index (χ0n) is 12.4. The second kappa shape index (κ2) is 7.17. The molecule has 0 N–H and O–H groups in total. The van der Waals surface area contributed by atoms with Gasteiger partial charge in [0.15, 0.2) is 5.69 Å². The molecule has 1 saturated heterocycles. The van der Waals surface area contributed by atoms with Gasteiger partial charge in [-0.3, -0.25) is 0 Å². The Balaban J connectivity index is 1.52. The molecule has 2 aromatic rings. The molecule has 0 saturated carbocycles. The molecule has 6 nitrogen and oxygen atoms in total. The van der Waals surface area contributed by atoms with Crippen molar-refractivity contribution in [1.82, 2.24) is 15.0 Å². The molecular formula is C16H19N3O3. The number of benzene rings is 1. The maximum Gasteiger partial charge on any atom is 0.360 e. The van der Waals surface area contributed by atoms with Crippen molar-refractivity contribution >= 4 is 5.97 Å². The molecule has 6 heteroatoms. The van der Waals surface area contributed by atoms with Crippen molar-refractivity contribution in [2.75, 3.05) is 13.2 Å². The highest BCUT2D eigenvalue weighted by atomic mass is 16.6. The third-order valence-electron chi connectivity index (χ3n) is 3.61. The highest BCUT2D eigenvalue weighted by molar-refractivity contribution is 5.86. The Hall–Kier alpha value is -2.21. The molecule has 1 fully saturated rings. The van der Waals surface area contributed by atoms with Gasteiger partial charge in [0.05, 0.1) is 18.8 Å². The van der Waals surface area contributed by atoms with E-state index in [1.807, 2.05) is 30.3 Å². The summed E-state index contributed by atoms with van der Waals surface area (Å²) in [7, 11) is 0. The molecule has 0 spiro atoms. The van der Waals surface area contributed by atoms with Crippen molar-refractivity contribution in [2.24, 2.45) is 0 Å². The minimum atomic E-state index is -0.450. The van der Waals surface area contributed by atoms with Crippen LogP contribution in [0.15, 0.2) is 36.5 Å². The quantitative estimate of drug-likeness (QED) is 0.791. The van der Waals surface area contributed by atoms with Crippen LogP contribution in [0.5, 0.6) is 0 Å². The highest BCUT2D eigenvalue weighted by Crippen LogP contribution is 2.13. The molecular weight excluding hydrogens is 282 g/mol. The molecule has 2 heterocycles. The van der Waals surface area contributed by atoms with Gasteiger partial charge in [0.25, 0.3) is 0 Å². The van der Waals surface area contributed by atoms with Crippen molar-refractivity contribution in [3.63, 3.8) is 0 Å². The summed E-state index contributed by atoms with van der Waals surface area (Å²) in [6, 6.07) is 9.89.